The molecule has 4 nitrogen and oxygen atoms in total. The maximum atomic E-state index is 13.5. The molecule has 0 spiro atoms. The first-order valence-electron chi connectivity index (χ1n) is 6.94. The molecule has 0 aliphatic rings. The van der Waals surface area contributed by atoms with Crippen LogP contribution >= 0.6 is 0 Å². The second kappa shape index (κ2) is 7.36. The van der Waals surface area contributed by atoms with E-state index in [9.17, 15) is 9.18 Å². The number of amides is 1. The van der Waals surface area contributed by atoms with Crippen LogP contribution in [-0.4, -0.2) is 18.2 Å². The molecule has 5 heteroatoms. The highest BCUT2D eigenvalue weighted by molar-refractivity contribution is 6.00. The molecule has 2 aromatic rings. The van der Waals surface area contributed by atoms with E-state index in [1.807, 2.05) is 31.2 Å². The monoisotopic (exact) mass is 300 g/mol. The molecule has 0 aromatic heterocycles. The minimum Gasteiger partial charge on any atom is -0.494 e. The van der Waals surface area contributed by atoms with Gasteiger partial charge in [0.15, 0.2) is 0 Å². The molecule has 0 aliphatic carbocycles. The molecule has 0 aliphatic heterocycles. The fraction of sp³-hybridized carbons (Fsp3) is 0.176. The Kier molecular flexibility index (Phi) is 5.25. The van der Waals surface area contributed by atoms with Gasteiger partial charge >= 0.3 is 0 Å². The van der Waals surface area contributed by atoms with Gasteiger partial charge in [-0.15, -0.1) is 0 Å². The zero-order valence-electron chi connectivity index (χ0n) is 12.5. The van der Waals surface area contributed by atoms with Crippen LogP contribution in [0.2, 0.25) is 0 Å². The predicted octanol–water partition coefficient (Wildman–Crippen LogP) is 3.38. The fourth-order valence-corrected chi connectivity index (χ4v) is 1.86. The van der Waals surface area contributed by atoms with E-state index >= 15 is 0 Å². The largest absolute Gasteiger partial charge is 0.494 e. The molecule has 0 unspecified atom stereocenters. The molecule has 1 N–H and O–H groups in total. The van der Waals surface area contributed by atoms with Gasteiger partial charge in [-0.1, -0.05) is 12.1 Å². The third-order valence-electron chi connectivity index (χ3n) is 3.03. The second-order valence-corrected chi connectivity index (χ2v) is 4.58. The number of carbonyl (C=O) groups excluding carboxylic acids is 1. The van der Waals surface area contributed by atoms with Gasteiger partial charge in [-0.2, -0.15) is 5.10 Å². The molecule has 0 atom stereocenters. The number of hydrazone groups is 1. The number of carbonyl (C=O) groups is 1. The Morgan fingerprint density at radius 3 is 2.50 bits per heavy atom. The summed E-state index contributed by atoms with van der Waals surface area (Å²) in [4.78, 5) is 11.9. The van der Waals surface area contributed by atoms with E-state index in [1.165, 1.54) is 18.2 Å². The van der Waals surface area contributed by atoms with Crippen molar-refractivity contribution in [2.24, 2.45) is 5.10 Å². The first-order valence-corrected chi connectivity index (χ1v) is 6.94. The number of rotatable bonds is 5. The average molecular weight is 300 g/mol. The Hall–Kier alpha value is -2.69. The zero-order valence-corrected chi connectivity index (χ0v) is 12.5. The topological polar surface area (TPSA) is 50.7 Å². The quantitative estimate of drug-likeness (QED) is 0.680. The molecule has 0 bridgehead atoms. The van der Waals surface area contributed by atoms with Gasteiger partial charge < -0.3 is 4.74 Å². The van der Waals surface area contributed by atoms with Crippen molar-refractivity contribution < 1.29 is 13.9 Å². The number of ether oxygens (including phenoxy) is 1. The van der Waals surface area contributed by atoms with Crippen LogP contribution in [-0.2, 0) is 0 Å². The highest BCUT2D eigenvalue weighted by Gasteiger charge is 2.09. The molecule has 2 aromatic carbocycles. The lowest BCUT2D eigenvalue weighted by molar-refractivity contribution is 0.0951. The molecule has 114 valence electrons. The summed E-state index contributed by atoms with van der Waals surface area (Å²) in [5, 5.41) is 4.00. The summed E-state index contributed by atoms with van der Waals surface area (Å²) in [6.07, 6.45) is 0. The Morgan fingerprint density at radius 1 is 1.18 bits per heavy atom. The lowest BCUT2D eigenvalue weighted by Crippen LogP contribution is -2.20. The summed E-state index contributed by atoms with van der Waals surface area (Å²) in [5.41, 5.74) is 3.78. The molecule has 0 fully saturated rings. The SMILES string of the molecule is CCOc1ccc(/C(C)=N/NC(=O)c2ccccc2F)cc1. The number of benzene rings is 2. The molecule has 0 saturated heterocycles. The molecule has 2 rings (SSSR count). The van der Waals surface area contributed by atoms with Crippen LogP contribution in [0.15, 0.2) is 53.6 Å². The molecule has 0 heterocycles. The fourth-order valence-electron chi connectivity index (χ4n) is 1.86. The third kappa shape index (κ3) is 3.91. The third-order valence-corrected chi connectivity index (χ3v) is 3.03. The predicted molar refractivity (Wildman–Crippen MR) is 83.7 cm³/mol. The number of nitrogens with zero attached hydrogens (tertiary/aromatic N) is 1. The Morgan fingerprint density at radius 2 is 1.86 bits per heavy atom. The lowest BCUT2D eigenvalue weighted by atomic mass is 10.1. The van der Waals surface area contributed by atoms with E-state index in [2.05, 4.69) is 10.5 Å². The van der Waals surface area contributed by atoms with Gasteiger partial charge in [0.05, 0.1) is 17.9 Å². The zero-order chi connectivity index (χ0) is 15.9. The van der Waals surface area contributed by atoms with Crippen molar-refractivity contribution in [1.82, 2.24) is 5.43 Å². The van der Waals surface area contributed by atoms with Crippen molar-refractivity contribution >= 4 is 11.6 Å². The molecule has 0 saturated carbocycles. The summed E-state index contributed by atoms with van der Waals surface area (Å²) >= 11 is 0. The van der Waals surface area contributed by atoms with Crippen LogP contribution < -0.4 is 10.2 Å². The second-order valence-electron chi connectivity index (χ2n) is 4.58. The smallest absolute Gasteiger partial charge is 0.274 e. The number of halogens is 1. The van der Waals surface area contributed by atoms with Crippen molar-refractivity contribution in [3.63, 3.8) is 0 Å². The van der Waals surface area contributed by atoms with Gasteiger partial charge in [-0.05, 0) is 55.8 Å². The van der Waals surface area contributed by atoms with Gasteiger partial charge in [0.1, 0.15) is 11.6 Å². The van der Waals surface area contributed by atoms with Crippen molar-refractivity contribution in [2.75, 3.05) is 6.61 Å². The van der Waals surface area contributed by atoms with Crippen molar-refractivity contribution in [3.8, 4) is 5.75 Å². The van der Waals surface area contributed by atoms with E-state index in [4.69, 9.17) is 4.74 Å². The van der Waals surface area contributed by atoms with E-state index in [-0.39, 0.29) is 5.56 Å². The number of hydrogen-bond donors (Lipinski definition) is 1. The summed E-state index contributed by atoms with van der Waals surface area (Å²) in [6, 6.07) is 13.1. The first-order chi connectivity index (χ1) is 10.6. The Labute approximate surface area is 128 Å². The first kappa shape index (κ1) is 15.7. The van der Waals surface area contributed by atoms with Gasteiger partial charge in [-0.3, -0.25) is 4.79 Å². The highest BCUT2D eigenvalue weighted by atomic mass is 19.1. The molecular weight excluding hydrogens is 283 g/mol. The van der Waals surface area contributed by atoms with Crippen LogP contribution in [0.3, 0.4) is 0 Å². The van der Waals surface area contributed by atoms with Crippen LogP contribution in [0.5, 0.6) is 5.75 Å². The normalized spacial score (nSPS) is 11.1. The van der Waals surface area contributed by atoms with Crippen molar-refractivity contribution in [3.05, 3.63) is 65.5 Å². The van der Waals surface area contributed by atoms with E-state index in [0.717, 1.165) is 11.3 Å². The number of hydrogen-bond acceptors (Lipinski definition) is 3. The average Bonchev–Trinajstić information content (AvgIpc) is 2.54. The molecule has 1 amide bonds. The minimum atomic E-state index is -0.580. The molecular formula is C17H17FN2O2. The lowest BCUT2D eigenvalue weighted by Gasteiger charge is -2.06. The summed E-state index contributed by atoms with van der Waals surface area (Å²) in [6.45, 7) is 4.28. The standard InChI is InChI=1S/C17H17FN2O2/c1-3-22-14-10-8-13(9-11-14)12(2)19-20-17(21)15-6-4-5-7-16(15)18/h4-11H,3H2,1-2H3,(H,20,21)/b19-12+. The van der Waals surface area contributed by atoms with Crippen LogP contribution in [0, 0.1) is 5.82 Å². The Balaban J connectivity index is 2.06. The van der Waals surface area contributed by atoms with Gasteiger partial charge in [0, 0.05) is 0 Å². The molecule has 22 heavy (non-hydrogen) atoms. The van der Waals surface area contributed by atoms with Crippen LogP contribution in [0.4, 0.5) is 4.39 Å². The summed E-state index contributed by atoms with van der Waals surface area (Å²) < 4.78 is 18.8. The molecule has 0 radical (unpaired) electrons. The van der Waals surface area contributed by atoms with Crippen molar-refractivity contribution in [2.45, 2.75) is 13.8 Å². The van der Waals surface area contributed by atoms with E-state index in [1.54, 1.807) is 13.0 Å². The minimum absolute atomic E-state index is 0.0363. The summed E-state index contributed by atoms with van der Waals surface area (Å²) in [7, 11) is 0. The van der Waals surface area contributed by atoms with E-state index in [0.29, 0.717) is 12.3 Å². The maximum Gasteiger partial charge on any atom is 0.274 e. The van der Waals surface area contributed by atoms with Gasteiger partial charge in [0.25, 0.3) is 5.91 Å². The Bertz CT molecular complexity index is 681. The summed E-state index contributed by atoms with van der Waals surface area (Å²) in [5.74, 6) is -0.383. The van der Waals surface area contributed by atoms with Crippen LogP contribution in [0.25, 0.3) is 0 Å². The van der Waals surface area contributed by atoms with Crippen molar-refractivity contribution in [1.29, 1.82) is 0 Å². The maximum absolute atomic E-state index is 13.5. The highest BCUT2D eigenvalue weighted by Crippen LogP contribution is 2.12. The van der Waals surface area contributed by atoms with Gasteiger partial charge in [0.2, 0.25) is 0 Å². The van der Waals surface area contributed by atoms with Gasteiger partial charge in [-0.25, -0.2) is 9.82 Å². The van der Waals surface area contributed by atoms with Crippen LogP contribution in [0.1, 0.15) is 29.8 Å². The van der Waals surface area contributed by atoms with E-state index < -0.39 is 11.7 Å². The number of nitrogens with one attached hydrogen (secondary N) is 1.